The molecule has 0 unspecified atom stereocenters. The van der Waals surface area contributed by atoms with Crippen LogP contribution in [0, 0.1) is 11.7 Å². The van der Waals surface area contributed by atoms with Crippen molar-refractivity contribution in [1.82, 2.24) is 20.0 Å². The van der Waals surface area contributed by atoms with E-state index in [1.54, 1.807) is 18.2 Å². The molecule has 0 bridgehead atoms. The second-order valence-electron chi connectivity index (χ2n) is 7.57. The van der Waals surface area contributed by atoms with Gasteiger partial charge in [0.1, 0.15) is 0 Å². The zero-order chi connectivity index (χ0) is 19.1. The number of likely N-dealkylation sites (N-methyl/N-ethyl adjacent to an activating group) is 1. The molecule has 7 heteroatoms. The lowest BCUT2D eigenvalue weighted by Crippen LogP contribution is -2.50. The van der Waals surface area contributed by atoms with Gasteiger partial charge in [0.15, 0.2) is 11.6 Å². The van der Waals surface area contributed by atoms with Gasteiger partial charge in [0.2, 0.25) is 0 Å². The molecular weight excluding hydrogens is 347 g/mol. The minimum absolute atomic E-state index is 0.000260. The molecule has 0 radical (unpaired) electrons. The Balaban J connectivity index is 1.37. The third kappa shape index (κ3) is 6.07. The van der Waals surface area contributed by atoms with E-state index in [2.05, 4.69) is 22.2 Å². The molecular formula is C20H31FN4O2. The minimum Gasteiger partial charge on any atom is -0.490 e. The molecule has 1 aromatic carbocycles. The predicted octanol–water partition coefficient (Wildman–Crippen LogP) is 1.87. The van der Waals surface area contributed by atoms with Crippen LogP contribution < -0.4 is 10.1 Å². The number of carbonyl (C=O) groups excluding carboxylic acids is 1. The van der Waals surface area contributed by atoms with Gasteiger partial charge in [-0.1, -0.05) is 12.1 Å². The number of rotatable bonds is 6. The van der Waals surface area contributed by atoms with Crippen molar-refractivity contribution >= 4 is 6.03 Å². The second-order valence-corrected chi connectivity index (χ2v) is 7.57. The first-order chi connectivity index (χ1) is 13.1. The number of likely N-dealkylation sites (tertiary alicyclic amines) is 1. The lowest BCUT2D eigenvalue weighted by atomic mass is 9.99. The summed E-state index contributed by atoms with van der Waals surface area (Å²) in [5.74, 6) is 0.180. The first kappa shape index (κ1) is 19.9. The summed E-state index contributed by atoms with van der Waals surface area (Å²) in [4.78, 5) is 19.0. The van der Waals surface area contributed by atoms with Crippen molar-refractivity contribution in [3.63, 3.8) is 0 Å². The molecule has 2 amide bonds. The number of amides is 2. The number of ether oxygens (including phenoxy) is 1. The van der Waals surface area contributed by atoms with Gasteiger partial charge >= 0.3 is 6.03 Å². The van der Waals surface area contributed by atoms with E-state index in [4.69, 9.17) is 4.74 Å². The average molecular weight is 378 g/mol. The Morgan fingerprint density at radius 1 is 1.22 bits per heavy atom. The monoisotopic (exact) mass is 378 g/mol. The summed E-state index contributed by atoms with van der Waals surface area (Å²) in [5, 5.41) is 3.05. The zero-order valence-electron chi connectivity index (χ0n) is 16.2. The maximum Gasteiger partial charge on any atom is 0.317 e. The van der Waals surface area contributed by atoms with Crippen LogP contribution in [0.4, 0.5) is 9.18 Å². The molecule has 0 saturated carbocycles. The summed E-state index contributed by atoms with van der Waals surface area (Å²) in [6.07, 6.45) is 1.96. The molecule has 1 N–H and O–H groups in total. The van der Waals surface area contributed by atoms with Crippen LogP contribution in [-0.2, 0) is 0 Å². The highest BCUT2D eigenvalue weighted by Crippen LogP contribution is 2.20. The van der Waals surface area contributed by atoms with Crippen molar-refractivity contribution in [2.45, 2.75) is 12.8 Å². The molecule has 0 aliphatic carbocycles. The summed E-state index contributed by atoms with van der Waals surface area (Å²) in [6.45, 7) is 7.74. The topological polar surface area (TPSA) is 48.0 Å². The van der Waals surface area contributed by atoms with Gasteiger partial charge in [-0.05, 0) is 32.0 Å². The van der Waals surface area contributed by atoms with Crippen molar-refractivity contribution in [1.29, 1.82) is 0 Å². The molecule has 2 aliphatic heterocycles. The SMILES string of the molecule is CN1CCN(CCNC(=O)N2CCC[C@H](COc3ccccc3F)C2)CC1. The van der Waals surface area contributed by atoms with Gasteiger partial charge in [-0.3, -0.25) is 4.90 Å². The molecule has 2 aliphatic rings. The lowest BCUT2D eigenvalue weighted by Gasteiger charge is -2.34. The molecule has 6 nitrogen and oxygen atoms in total. The maximum atomic E-state index is 13.7. The van der Waals surface area contributed by atoms with Crippen LogP contribution in [0.3, 0.4) is 0 Å². The Kier molecular flexibility index (Phi) is 7.29. The van der Waals surface area contributed by atoms with Crippen LogP contribution >= 0.6 is 0 Å². The number of piperazine rings is 1. The summed E-state index contributed by atoms with van der Waals surface area (Å²) >= 11 is 0. The Labute approximate surface area is 161 Å². The average Bonchev–Trinajstić information content (AvgIpc) is 2.69. The predicted molar refractivity (Wildman–Crippen MR) is 104 cm³/mol. The number of para-hydroxylation sites is 1. The van der Waals surface area contributed by atoms with Gasteiger partial charge in [0, 0.05) is 58.3 Å². The Morgan fingerprint density at radius 2 is 2.00 bits per heavy atom. The van der Waals surface area contributed by atoms with Crippen LogP contribution in [0.5, 0.6) is 5.75 Å². The first-order valence-corrected chi connectivity index (χ1v) is 9.93. The van der Waals surface area contributed by atoms with Gasteiger partial charge in [-0.15, -0.1) is 0 Å². The number of carbonyl (C=O) groups is 1. The number of nitrogens with one attached hydrogen (secondary N) is 1. The van der Waals surface area contributed by atoms with Crippen LogP contribution in [0.25, 0.3) is 0 Å². The Bertz CT molecular complexity index is 607. The van der Waals surface area contributed by atoms with E-state index in [1.807, 2.05) is 4.90 Å². The van der Waals surface area contributed by atoms with E-state index in [1.165, 1.54) is 6.07 Å². The molecule has 0 spiro atoms. The van der Waals surface area contributed by atoms with E-state index in [9.17, 15) is 9.18 Å². The number of nitrogens with zero attached hydrogens (tertiary/aromatic N) is 3. The molecule has 0 aromatic heterocycles. The third-order valence-corrected chi connectivity index (χ3v) is 5.42. The van der Waals surface area contributed by atoms with Crippen LogP contribution in [-0.4, -0.2) is 86.7 Å². The number of piperidine rings is 1. The highest BCUT2D eigenvalue weighted by atomic mass is 19.1. The fourth-order valence-electron chi connectivity index (χ4n) is 3.66. The van der Waals surface area contributed by atoms with Crippen molar-refractivity contribution in [2.75, 3.05) is 66.0 Å². The molecule has 3 rings (SSSR count). The van der Waals surface area contributed by atoms with Crippen molar-refractivity contribution in [3.05, 3.63) is 30.1 Å². The van der Waals surface area contributed by atoms with Crippen molar-refractivity contribution in [2.24, 2.45) is 5.92 Å². The summed E-state index contributed by atoms with van der Waals surface area (Å²) in [6, 6.07) is 6.45. The normalized spacial score (nSPS) is 21.9. The Hall–Kier alpha value is -1.86. The molecule has 150 valence electrons. The fourth-order valence-corrected chi connectivity index (χ4v) is 3.66. The molecule has 27 heavy (non-hydrogen) atoms. The van der Waals surface area contributed by atoms with Crippen LogP contribution in [0.15, 0.2) is 24.3 Å². The third-order valence-electron chi connectivity index (χ3n) is 5.42. The van der Waals surface area contributed by atoms with E-state index >= 15 is 0 Å². The number of hydrogen-bond donors (Lipinski definition) is 1. The van der Waals surface area contributed by atoms with E-state index in [0.29, 0.717) is 19.7 Å². The van der Waals surface area contributed by atoms with Gasteiger partial charge in [-0.25, -0.2) is 9.18 Å². The molecule has 2 saturated heterocycles. The summed E-state index contributed by atoms with van der Waals surface area (Å²) in [7, 11) is 2.14. The quantitative estimate of drug-likeness (QED) is 0.821. The molecule has 2 heterocycles. The van der Waals surface area contributed by atoms with Crippen molar-refractivity contribution in [3.8, 4) is 5.75 Å². The summed E-state index contributed by atoms with van der Waals surface area (Å²) < 4.78 is 19.3. The maximum absolute atomic E-state index is 13.7. The van der Waals surface area contributed by atoms with Gasteiger partial charge < -0.3 is 19.9 Å². The number of urea groups is 1. The number of halogens is 1. The van der Waals surface area contributed by atoms with E-state index in [-0.39, 0.29) is 23.5 Å². The lowest BCUT2D eigenvalue weighted by molar-refractivity contribution is 0.132. The summed E-state index contributed by atoms with van der Waals surface area (Å²) in [5.41, 5.74) is 0. The second kappa shape index (κ2) is 9.90. The minimum atomic E-state index is -0.341. The highest BCUT2D eigenvalue weighted by Gasteiger charge is 2.24. The smallest absolute Gasteiger partial charge is 0.317 e. The number of hydrogen-bond acceptors (Lipinski definition) is 4. The fraction of sp³-hybridized carbons (Fsp3) is 0.650. The zero-order valence-corrected chi connectivity index (χ0v) is 16.2. The molecule has 2 fully saturated rings. The van der Waals surface area contributed by atoms with Gasteiger partial charge in [-0.2, -0.15) is 0 Å². The van der Waals surface area contributed by atoms with Gasteiger partial charge in [0.05, 0.1) is 6.61 Å². The highest BCUT2D eigenvalue weighted by molar-refractivity contribution is 5.74. The molecule has 1 atom stereocenters. The standard InChI is InChI=1S/C20H31FN4O2/c1-23-11-13-24(14-12-23)10-8-22-20(26)25-9-4-5-17(15-25)16-27-19-7-3-2-6-18(19)21/h2-3,6-7,17H,4-5,8-16H2,1H3,(H,22,26)/t17-/m0/s1. The van der Waals surface area contributed by atoms with Crippen LogP contribution in [0.2, 0.25) is 0 Å². The van der Waals surface area contributed by atoms with E-state index < -0.39 is 0 Å². The largest absolute Gasteiger partial charge is 0.490 e. The first-order valence-electron chi connectivity index (χ1n) is 9.93. The van der Waals surface area contributed by atoms with Crippen LogP contribution in [0.1, 0.15) is 12.8 Å². The molecule has 1 aromatic rings. The van der Waals surface area contributed by atoms with Gasteiger partial charge in [0.25, 0.3) is 0 Å². The Morgan fingerprint density at radius 3 is 2.78 bits per heavy atom. The van der Waals surface area contributed by atoms with Crippen molar-refractivity contribution < 1.29 is 13.9 Å². The number of benzene rings is 1. The van der Waals surface area contributed by atoms with E-state index in [0.717, 1.165) is 52.1 Å².